The fraction of sp³-hybridized carbons (Fsp3) is 0.556. The van der Waals surface area contributed by atoms with Gasteiger partial charge in [-0.05, 0) is 39.7 Å². The van der Waals surface area contributed by atoms with E-state index >= 15 is 0 Å². The van der Waals surface area contributed by atoms with Gasteiger partial charge in [-0.25, -0.2) is 14.0 Å². The molecule has 0 radical (unpaired) electrons. The highest BCUT2D eigenvalue weighted by atomic mass is 19.1. The van der Waals surface area contributed by atoms with E-state index in [0.29, 0.717) is 13.0 Å². The van der Waals surface area contributed by atoms with Crippen molar-refractivity contribution in [1.82, 2.24) is 4.90 Å². The van der Waals surface area contributed by atoms with Gasteiger partial charge in [-0.3, -0.25) is 0 Å². The molecule has 1 heterocycles. The maximum atomic E-state index is 14.7. The van der Waals surface area contributed by atoms with E-state index in [1.165, 1.54) is 23.1 Å². The van der Waals surface area contributed by atoms with E-state index in [4.69, 9.17) is 4.74 Å². The molecular formula is C18H24FNO5. The van der Waals surface area contributed by atoms with E-state index in [1.807, 2.05) is 0 Å². The van der Waals surface area contributed by atoms with Crippen molar-refractivity contribution in [2.45, 2.75) is 44.8 Å². The Balaban J connectivity index is 2.29. The molecule has 0 spiro atoms. The third kappa shape index (κ3) is 4.28. The molecule has 1 aromatic rings. The Kier molecular flexibility index (Phi) is 5.37. The van der Waals surface area contributed by atoms with Gasteiger partial charge in [-0.1, -0.05) is 12.1 Å². The van der Waals surface area contributed by atoms with Crippen molar-refractivity contribution in [2.75, 3.05) is 20.2 Å². The fourth-order valence-electron chi connectivity index (χ4n) is 2.90. The highest BCUT2D eigenvalue weighted by molar-refractivity contribution is 5.89. The van der Waals surface area contributed by atoms with Gasteiger partial charge in [0.25, 0.3) is 0 Å². The highest BCUT2D eigenvalue weighted by Crippen LogP contribution is 2.34. The summed E-state index contributed by atoms with van der Waals surface area (Å²) < 4.78 is 24.6. The van der Waals surface area contributed by atoms with E-state index in [-0.39, 0.29) is 24.1 Å². The van der Waals surface area contributed by atoms with Crippen LogP contribution in [-0.2, 0) is 15.1 Å². The molecule has 1 atom stereocenters. The molecule has 6 nitrogen and oxygen atoms in total. The monoisotopic (exact) mass is 353 g/mol. The molecule has 1 fully saturated rings. The van der Waals surface area contributed by atoms with Crippen LogP contribution in [0.3, 0.4) is 0 Å². The number of hydrogen-bond donors (Lipinski definition) is 1. The number of rotatable bonds is 2. The molecule has 1 unspecified atom stereocenters. The Morgan fingerprint density at radius 1 is 1.32 bits per heavy atom. The zero-order valence-corrected chi connectivity index (χ0v) is 15.0. The number of amides is 1. The van der Waals surface area contributed by atoms with Crippen LogP contribution in [0.2, 0.25) is 0 Å². The van der Waals surface area contributed by atoms with Crippen LogP contribution in [-0.4, -0.2) is 47.9 Å². The summed E-state index contributed by atoms with van der Waals surface area (Å²) in [6.45, 7) is 5.56. The van der Waals surface area contributed by atoms with Crippen LogP contribution in [0, 0.1) is 5.82 Å². The number of β-amino-alcohol motifs (C(OH)–C–C–N with tert-alkyl or cyclic N) is 1. The summed E-state index contributed by atoms with van der Waals surface area (Å²) in [5, 5.41) is 11.0. The molecule has 2 rings (SSSR count). The summed E-state index contributed by atoms with van der Waals surface area (Å²) in [4.78, 5) is 25.3. The van der Waals surface area contributed by atoms with Gasteiger partial charge in [0.1, 0.15) is 17.0 Å². The quantitative estimate of drug-likeness (QED) is 0.828. The first kappa shape index (κ1) is 19.2. The number of piperidine rings is 1. The van der Waals surface area contributed by atoms with Crippen molar-refractivity contribution in [3.8, 4) is 0 Å². The number of likely N-dealkylation sites (tertiary alicyclic amines) is 1. The number of aliphatic hydroxyl groups is 1. The number of esters is 1. The Bertz CT molecular complexity index is 670. The largest absolute Gasteiger partial charge is 0.465 e. The van der Waals surface area contributed by atoms with Crippen molar-refractivity contribution >= 4 is 12.1 Å². The third-order valence-corrected chi connectivity index (χ3v) is 4.03. The number of carbonyl (C=O) groups is 2. The van der Waals surface area contributed by atoms with Crippen molar-refractivity contribution in [2.24, 2.45) is 0 Å². The number of carbonyl (C=O) groups excluding carboxylic acids is 2. The van der Waals surface area contributed by atoms with Crippen LogP contribution in [0.5, 0.6) is 0 Å². The number of ether oxygens (including phenoxy) is 2. The molecular weight excluding hydrogens is 329 g/mol. The van der Waals surface area contributed by atoms with Crippen molar-refractivity contribution in [3.63, 3.8) is 0 Å². The first-order valence-corrected chi connectivity index (χ1v) is 8.15. The van der Waals surface area contributed by atoms with Crippen LogP contribution in [0.25, 0.3) is 0 Å². The van der Waals surface area contributed by atoms with Crippen LogP contribution in [0.4, 0.5) is 9.18 Å². The van der Waals surface area contributed by atoms with E-state index in [0.717, 1.165) is 7.11 Å². The van der Waals surface area contributed by atoms with E-state index in [1.54, 1.807) is 20.8 Å². The maximum Gasteiger partial charge on any atom is 0.410 e. The first-order valence-electron chi connectivity index (χ1n) is 8.15. The van der Waals surface area contributed by atoms with Gasteiger partial charge in [0, 0.05) is 12.1 Å². The molecule has 1 N–H and O–H groups in total. The third-order valence-electron chi connectivity index (χ3n) is 4.03. The number of methoxy groups -OCH3 is 1. The van der Waals surface area contributed by atoms with Gasteiger partial charge in [0.05, 0.1) is 19.2 Å². The molecule has 0 aliphatic carbocycles. The van der Waals surface area contributed by atoms with Crippen molar-refractivity contribution < 1.29 is 28.6 Å². The van der Waals surface area contributed by atoms with Gasteiger partial charge < -0.3 is 19.5 Å². The van der Waals surface area contributed by atoms with E-state index < -0.39 is 29.1 Å². The van der Waals surface area contributed by atoms with Crippen molar-refractivity contribution in [1.29, 1.82) is 0 Å². The second kappa shape index (κ2) is 7.00. The predicted molar refractivity (Wildman–Crippen MR) is 88.7 cm³/mol. The maximum absolute atomic E-state index is 14.7. The van der Waals surface area contributed by atoms with Crippen LogP contribution in [0.15, 0.2) is 18.2 Å². The normalized spacial score (nSPS) is 21.0. The molecule has 1 aromatic carbocycles. The average Bonchev–Trinajstić information content (AvgIpc) is 2.52. The average molecular weight is 353 g/mol. The summed E-state index contributed by atoms with van der Waals surface area (Å²) in [7, 11) is 1.16. The van der Waals surface area contributed by atoms with Gasteiger partial charge >= 0.3 is 12.1 Å². The Hall–Kier alpha value is -2.15. The minimum atomic E-state index is -1.59. The van der Waals surface area contributed by atoms with Crippen molar-refractivity contribution in [3.05, 3.63) is 35.1 Å². The lowest BCUT2D eigenvalue weighted by Crippen LogP contribution is -2.50. The van der Waals surface area contributed by atoms with Gasteiger partial charge in [0.2, 0.25) is 0 Å². The second-order valence-electron chi connectivity index (χ2n) is 7.20. The lowest BCUT2D eigenvalue weighted by molar-refractivity contribution is -0.0484. The molecule has 25 heavy (non-hydrogen) atoms. The summed E-state index contributed by atoms with van der Waals surface area (Å²) in [5.41, 5.74) is -2.53. The molecule has 0 aromatic heterocycles. The van der Waals surface area contributed by atoms with Gasteiger partial charge in [0.15, 0.2) is 0 Å². The summed E-state index contributed by atoms with van der Waals surface area (Å²) in [5.74, 6) is -1.65. The van der Waals surface area contributed by atoms with E-state index in [9.17, 15) is 19.1 Å². The molecule has 7 heteroatoms. The predicted octanol–water partition coefficient (Wildman–Crippen LogP) is 2.83. The standard InChI is InChI=1S/C18H24FNO5/c1-17(2,3)25-16(22)20-10-6-9-18(23,11-20)13-8-5-7-12(14(13)19)15(21)24-4/h5,7-8,23H,6,9-11H2,1-4H3. The SMILES string of the molecule is COC(=O)c1cccc(C2(O)CCCN(C(=O)OC(C)(C)C)C2)c1F. The molecule has 0 saturated carbocycles. The lowest BCUT2D eigenvalue weighted by Gasteiger charge is -2.40. The fourth-order valence-corrected chi connectivity index (χ4v) is 2.90. The molecule has 1 amide bonds. The van der Waals surface area contributed by atoms with Crippen LogP contribution >= 0.6 is 0 Å². The number of benzene rings is 1. The Labute approximate surface area is 146 Å². The molecule has 138 valence electrons. The summed E-state index contributed by atoms with van der Waals surface area (Å²) >= 11 is 0. The molecule has 1 aliphatic heterocycles. The number of halogens is 1. The minimum Gasteiger partial charge on any atom is -0.465 e. The lowest BCUT2D eigenvalue weighted by atomic mass is 9.84. The number of nitrogens with zero attached hydrogens (tertiary/aromatic N) is 1. The Morgan fingerprint density at radius 2 is 2.00 bits per heavy atom. The van der Waals surface area contributed by atoms with Crippen LogP contribution in [0.1, 0.15) is 49.5 Å². The molecule has 1 aliphatic rings. The summed E-state index contributed by atoms with van der Waals surface area (Å²) in [6, 6.07) is 4.19. The number of hydrogen-bond acceptors (Lipinski definition) is 5. The molecule has 0 bridgehead atoms. The van der Waals surface area contributed by atoms with Crippen LogP contribution < -0.4 is 0 Å². The molecule has 1 saturated heterocycles. The zero-order chi connectivity index (χ0) is 18.8. The highest BCUT2D eigenvalue weighted by Gasteiger charge is 2.40. The van der Waals surface area contributed by atoms with Gasteiger partial charge in [-0.15, -0.1) is 0 Å². The zero-order valence-electron chi connectivity index (χ0n) is 15.0. The summed E-state index contributed by atoms with van der Waals surface area (Å²) in [6.07, 6.45) is 0.195. The smallest absolute Gasteiger partial charge is 0.410 e. The Morgan fingerprint density at radius 3 is 2.60 bits per heavy atom. The minimum absolute atomic E-state index is 0.0244. The van der Waals surface area contributed by atoms with Gasteiger partial charge in [-0.2, -0.15) is 0 Å². The topological polar surface area (TPSA) is 76.1 Å². The second-order valence-corrected chi connectivity index (χ2v) is 7.20. The first-order chi connectivity index (χ1) is 11.6. The van der Waals surface area contributed by atoms with E-state index in [2.05, 4.69) is 4.74 Å².